The number of aryl methyl sites for hydroxylation is 1. The summed E-state index contributed by atoms with van der Waals surface area (Å²) in [5.74, 6) is 0. The van der Waals surface area contributed by atoms with Gasteiger partial charge in [-0.1, -0.05) is 17.7 Å². The van der Waals surface area contributed by atoms with Gasteiger partial charge in [0.2, 0.25) is 0 Å². The maximum absolute atomic E-state index is 5.99. The molecule has 0 amide bonds. The van der Waals surface area contributed by atoms with Gasteiger partial charge in [-0.15, -0.1) is 12.6 Å². The van der Waals surface area contributed by atoms with Crippen molar-refractivity contribution >= 4 is 46.5 Å². The molecule has 28 heavy (non-hydrogen) atoms. The van der Waals surface area contributed by atoms with Crippen molar-refractivity contribution in [3.05, 3.63) is 83.3 Å². The van der Waals surface area contributed by atoms with E-state index in [9.17, 15) is 0 Å². The Kier molecular flexibility index (Phi) is 6.98. The van der Waals surface area contributed by atoms with E-state index in [2.05, 4.69) is 57.6 Å². The first-order chi connectivity index (χ1) is 13.6. The van der Waals surface area contributed by atoms with Crippen molar-refractivity contribution in [1.82, 2.24) is 15.3 Å². The highest BCUT2D eigenvalue weighted by molar-refractivity contribution is 7.80. The lowest BCUT2D eigenvalue weighted by molar-refractivity contribution is 0.823. The third kappa shape index (κ3) is 5.29. The van der Waals surface area contributed by atoms with Gasteiger partial charge in [0, 0.05) is 57.3 Å². The SMILES string of the molecule is CNCc1c[nH]c2cc(Nc3ccc(Cl)cc3C)ccc12.Sc1cccnc1. The smallest absolute Gasteiger partial charge is 0.0478 e. The zero-order valence-electron chi connectivity index (χ0n) is 15.8. The molecule has 2 aromatic carbocycles. The molecule has 0 fully saturated rings. The second kappa shape index (κ2) is 9.64. The molecule has 2 heterocycles. The van der Waals surface area contributed by atoms with Crippen molar-refractivity contribution in [2.24, 2.45) is 0 Å². The van der Waals surface area contributed by atoms with Crippen molar-refractivity contribution in [3.63, 3.8) is 0 Å². The van der Waals surface area contributed by atoms with E-state index in [0.717, 1.165) is 38.9 Å². The van der Waals surface area contributed by atoms with Crippen LogP contribution < -0.4 is 10.6 Å². The van der Waals surface area contributed by atoms with E-state index < -0.39 is 0 Å². The van der Waals surface area contributed by atoms with Gasteiger partial charge in [-0.25, -0.2) is 0 Å². The minimum absolute atomic E-state index is 0.759. The summed E-state index contributed by atoms with van der Waals surface area (Å²) in [6.07, 6.45) is 5.47. The van der Waals surface area contributed by atoms with E-state index in [4.69, 9.17) is 11.6 Å². The van der Waals surface area contributed by atoms with Gasteiger partial charge in [0.05, 0.1) is 0 Å². The van der Waals surface area contributed by atoms with Crippen molar-refractivity contribution < 1.29 is 0 Å². The predicted molar refractivity (Wildman–Crippen MR) is 122 cm³/mol. The number of benzene rings is 2. The fourth-order valence-electron chi connectivity index (χ4n) is 2.88. The number of hydrogen-bond donors (Lipinski definition) is 4. The van der Waals surface area contributed by atoms with Gasteiger partial charge >= 0.3 is 0 Å². The van der Waals surface area contributed by atoms with Crippen LogP contribution in [0.15, 0.2) is 72.0 Å². The number of H-pyrrole nitrogens is 1. The van der Waals surface area contributed by atoms with E-state index in [0.29, 0.717) is 0 Å². The molecular weight excluding hydrogens is 388 g/mol. The monoisotopic (exact) mass is 410 g/mol. The van der Waals surface area contributed by atoms with Crippen LogP contribution in [-0.4, -0.2) is 17.0 Å². The molecule has 2 aromatic heterocycles. The van der Waals surface area contributed by atoms with E-state index in [1.54, 1.807) is 12.4 Å². The van der Waals surface area contributed by atoms with Crippen LogP contribution >= 0.6 is 24.2 Å². The second-order valence-corrected chi connectivity index (χ2v) is 7.35. The summed E-state index contributed by atoms with van der Waals surface area (Å²) in [7, 11) is 1.96. The molecule has 4 aromatic rings. The van der Waals surface area contributed by atoms with Crippen LogP contribution in [-0.2, 0) is 6.54 Å². The van der Waals surface area contributed by atoms with Crippen LogP contribution in [0.3, 0.4) is 0 Å². The number of fused-ring (bicyclic) bond motifs is 1. The summed E-state index contributed by atoms with van der Waals surface area (Å²) >= 11 is 10.0. The summed E-state index contributed by atoms with van der Waals surface area (Å²) in [6.45, 7) is 2.91. The molecule has 0 saturated heterocycles. The van der Waals surface area contributed by atoms with Crippen LogP contribution in [0, 0.1) is 6.92 Å². The third-order valence-electron chi connectivity index (χ3n) is 4.25. The lowest BCUT2D eigenvalue weighted by atomic mass is 10.1. The highest BCUT2D eigenvalue weighted by Gasteiger charge is 2.05. The van der Waals surface area contributed by atoms with Gasteiger partial charge in [0.15, 0.2) is 0 Å². The number of hydrogen-bond acceptors (Lipinski definition) is 4. The predicted octanol–water partition coefficient (Wildman–Crippen LogP) is 5.96. The van der Waals surface area contributed by atoms with Gasteiger partial charge in [-0.3, -0.25) is 4.98 Å². The number of rotatable bonds is 4. The molecular formula is C22H23ClN4S. The average Bonchev–Trinajstić information content (AvgIpc) is 3.08. The molecule has 0 aliphatic carbocycles. The molecule has 0 aliphatic heterocycles. The summed E-state index contributed by atoms with van der Waals surface area (Å²) < 4.78 is 0. The first-order valence-corrected chi connectivity index (χ1v) is 9.76. The molecule has 4 rings (SSSR count). The Morgan fingerprint density at radius 3 is 2.64 bits per heavy atom. The maximum Gasteiger partial charge on any atom is 0.0478 e. The molecule has 0 aliphatic rings. The Balaban J connectivity index is 0.000000271. The number of pyridine rings is 1. The normalized spacial score (nSPS) is 10.4. The molecule has 6 heteroatoms. The minimum Gasteiger partial charge on any atom is -0.361 e. The van der Waals surface area contributed by atoms with Gasteiger partial charge in [-0.2, -0.15) is 0 Å². The van der Waals surface area contributed by atoms with E-state index in [-0.39, 0.29) is 0 Å². The summed E-state index contributed by atoms with van der Waals surface area (Å²) in [5.41, 5.74) is 5.68. The molecule has 3 N–H and O–H groups in total. The van der Waals surface area contributed by atoms with Gasteiger partial charge < -0.3 is 15.6 Å². The van der Waals surface area contributed by atoms with E-state index >= 15 is 0 Å². The Labute approximate surface area is 175 Å². The number of aromatic nitrogens is 2. The Hall–Kier alpha value is -2.47. The quantitative estimate of drug-likeness (QED) is 0.314. The topological polar surface area (TPSA) is 52.7 Å². The maximum atomic E-state index is 5.99. The standard InChI is InChI=1S/C17H18ClN3.C5H5NS/c1-11-7-13(18)3-6-16(11)21-14-4-5-15-12(9-19-2)10-20-17(15)8-14;7-5-2-1-3-6-4-5/h3-8,10,19-21H,9H2,1-2H3;1-4,7H. The number of nitrogens with zero attached hydrogens (tertiary/aromatic N) is 1. The minimum atomic E-state index is 0.759. The van der Waals surface area contributed by atoms with Crippen molar-refractivity contribution in [2.75, 3.05) is 12.4 Å². The summed E-state index contributed by atoms with van der Waals surface area (Å²) in [4.78, 5) is 8.03. The van der Waals surface area contributed by atoms with Crippen molar-refractivity contribution in [3.8, 4) is 0 Å². The van der Waals surface area contributed by atoms with Gasteiger partial charge in [0.25, 0.3) is 0 Å². The molecule has 0 spiro atoms. The number of halogens is 1. The fourth-order valence-corrected chi connectivity index (χ4v) is 3.26. The average molecular weight is 411 g/mol. The number of thiol groups is 1. The van der Waals surface area contributed by atoms with Gasteiger partial charge in [-0.05, 0) is 67.6 Å². The van der Waals surface area contributed by atoms with Crippen LogP contribution in [0.1, 0.15) is 11.1 Å². The highest BCUT2D eigenvalue weighted by atomic mass is 35.5. The fraction of sp³-hybridized carbons (Fsp3) is 0.136. The summed E-state index contributed by atoms with van der Waals surface area (Å²) in [6, 6.07) is 16.0. The molecule has 0 unspecified atom stereocenters. The van der Waals surface area contributed by atoms with Crippen LogP contribution in [0.4, 0.5) is 11.4 Å². The molecule has 0 radical (unpaired) electrons. The lowest BCUT2D eigenvalue weighted by Crippen LogP contribution is -2.03. The van der Waals surface area contributed by atoms with Crippen LogP contribution in [0.2, 0.25) is 5.02 Å². The third-order valence-corrected chi connectivity index (χ3v) is 4.75. The largest absolute Gasteiger partial charge is 0.361 e. The Morgan fingerprint density at radius 2 is 2.00 bits per heavy atom. The van der Waals surface area contributed by atoms with E-state index in [1.165, 1.54) is 10.9 Å². The Morgan fingerprint density at radius 1 is 1.14 bits per heavy atom. The van der Waals surface area contributed by atoms with Gasteiger partial charge in [0.1, 0.15) is 0 Å². The zero-order valence-corrected chi connectivity index (χ0v) is 17.5. The first kappa shape index (κ1) is 20.3. The number of aromatic amines is 1. The van der Waals surface area contributed by atoms with Crippen LogP contribution in [0.5, 0.6) is 0 Å². The first-order valence-electron chi connectivity index (χ1n) is 8.93. The van der Waals surface area contributed by atoms with E-state index in [1.807, 2.05) is 44.3 Å². The molecule has 0 atom stereocenters. The zero-order chi connectivity index (χ0) is 19.9. The molecule has 0 bridgehead atoms. The molecule has 4 nitrogen and oxygen atoms in total. The molecule has 144 valence electrons. The van der Waals surface area contributed by atoms with Crippen LogP contribution in [0.25, 0.3) is 10.9 Å². The second-order valence-electron chi connectivity index (χ2n) is 6.40. The van der Waals surface area contributed by atoms with Crippen molar-refractivity contribution in [2.45, 2.75) is 18.4 Å². The Bertz CT molecular complexity index is 1050. The lowest BCUT2D eigenvalue weighted by Gasteiger charge is -2.10. The summed E-state index contributed by atoms with van der Waals surface area (Å²) in [5, 5.41) is 8.63. The number of nitrogens with one attached hydrogen (secondary N) is 3. The number of anilines is 2. The highest BCUT2D eigenvalue weighted by Crippen LogP contribution is 2.27. The molecule has 0 saturated carbocycles. The van der Waals surface area contributed by atoms with Crippen molar-refractivity contribution in [1.29, 1.82) is 0 Å².